The molecule has 31 heavy (non-hydrogen) atoms. The number of benzene rings is 1. The Balaban J connectivity index is 0.00000231. The first-order chi connectivity index (χ1) is 14.7. The van der Waals surface area contributed by atoms with Gasteiger partial charge in [0.1, 0.15) is 0 Å². The van der Waals surface area contributed by atoms with Crippen LogP contribution in [0.25, 0.3) is 10.9 Å². The molecule has 1 saturated carbocycles. The SMILES string of the molecule is CN=C(NCCN1C(=O)C2C3C=CC(C3)C2C1=O)NCc1cccc2cccnc12.I. The van der Waals surface area contributed by atoms with Gasteiger partial charge in [0.25, 0.3) is 0 Å². The maximum absolute atomic E-state index is 12.8. The molecule has 1 saturated heterocycles. The molecule has 1 aromatic carbocycles. The summed E-state index contributed by atoms with van der Waals surface area (Å²) in [6.07, 6.45) is 6.98. The second-order valence-electron chi connectivity index (χ2n) is 8.17. The second-order valence-corrected chi connectivity index (χ2v) is 8.17. The van der Waals surface area contributed by atoms with Crippen LogP contribution in [0.4, 0.5) is 0 Å². The van der Waals surface area contributed by atoms with E-state index in [1.165, 1.54) is 4.90 Å². The van der Waals surface area contributed by atoms with Crippen molar-refractivity contribution in [3.8, 4) is 0 Å². The minimum Gasteiger partial charge on any atom is -0.355 e. The van der Waals surface area contributed by atoms with Gasteiger partial charge in [-0.1, -0.05) is 36.4 Å². The summed E-state index contributed by atoms with van der Waals surface area (Å²) in [5.74, 6) is 0.842. The molecule has 2 heterocycles. The Hall–Kier alpha value is -2.49. The van der Waals surface area contributed by atoms with Gasteiger partial charge in [-0.2, -0.15) is 0 Å². The largest absolute Gasteiger partial charge is 0.355 e. The van der Waals surface area contributed by atoms with Crippen molar-refractivity contribution in [2.45, 2.75) is 13.0 Å². The highest BCUT2D eigenvalue weighted by molar-refractivity contribution is 14.0. The first kappa shape index (κ1) is 21.7. The number of halogens is 1. The molecule has 3 aliphatic rings. The Bertz CT molecular complexity index is 1030. The molecule has 2 aliphatic carbocycles. The van der Waals surface area contributed by atoms with Crippen molar-refractivity contribution >= 4 is 52.7 Å². The number of pyridine rings is 1. The number of imide groups is 1. The molecule has 1 aromatic heterocycles. The third-order valence-corrected chi connectivity index (χ3v) is 6.58. The van der Waals surface area contributed by atoms with E-state index in [2.05, 4.69) is 32.8 Å². The fourth-order valence-electron chi connectivity index (χ4n) is 5.18. The Labute approximate surface area is 198 Å². The number of allylic oxidation sites excluding steroid dienone is 2. The average Bonchev–Trinajstić information content (AvgIpc) is 3.45. The molecule has 4 unspecified atom stereocenters. The van der Waals surface area contributed by atoms with Crippen molar-refractivity contribution in [1.29, 1.82) is 0 Å². The number of rotatable bonds is 5. The topological polar surface area (TPSA) is 86.7 Å². The Morgan fingerprint density at radius 1 is 1.10 bits per heavy atom. The van der Waals surface area contributed by atoms with E-state index in [-0.39, 0.29) is 59.5 Å². The molecule has 5 rings (SSSR count). The van der Waals surface area contributed by atoms with Gasteiger partial charge in [-0.05, 0) is 29.9 Å². The van der Waals surface area contributed by atoms with Crippen LogP contribution in [0.2, 0.25) is 0 Å². The van der Waals surface area contributed by atoms with Crippen molar-refractivity contribution in [2.24, 2.45) is 28.7 Å². The van der Waals surface area contributed by atoms with E-state index in [1.807, 2.05) is 30.3 Å². The normalized spacial score (nSPS) is 26.4. The molecule has 162 valence electrons. The van der Waals surface area contributed by atoms with E-state index in [0.29, 0.717) is 25.6 Å². The van der Waals surface area contributed by atoms with Crippen LogP contribution >= 0.6 is 24.0 Å². The maximum atomic E-state index is 12.8. The van der Waals surface area contributed by atoms with Crippen molar-refractivity contribution in [1.82, 2.24) is 20.5 Å². The van der Waals surface area contributed by atoms with Gasteiger partial charge in [-0.3, -0.25) is 24.5 Å². The number of nitrogens with one attached hydrogen (secondary N) is 2. The van der Waals surface area contributed by atoms with Gasteiger partial charge in [0, 0.05) is 38.3 Å². The molecule has 2 amide bonds. The van der Waals surface area contributed by atoms with Gasteiger partial charge in [-0.15, -0.1) is 24.0 Å². The third-order valence-electron chi connectivity index (χ3n) is 6.58. The summed E-state index contributed by atoms with van der Waals surface area (Å²) in [5, 5.41) is 7.60. The summed E-state index contributed by atoms with van der Waals surface area (Å²) in [5.41, 5.74) is 2.04. The van der Waals surface area contributed by atoms with Gasteiger partial charge in [-0.25, -0.2) is 0 Å². The predicted molar refractivity (Wildman–Crippen MR) is 130 cm³/mol. The minimum atomic E-state index is -0.135. The maximum Gasteiger partial charge on any atom is 0.233 e. The summed E-state index contributed by atoms with van der Waals surface area (Å²) in [7, 11) is 1.70. The molecule has 2 aromatic rings. The summed E-state index contributed by atoms with van der Waals surface area (Å²) in [4.78, 5) is 35.7. The molecule has 4 atom stereocenters. The van der Waals surface area contributed by atoms with E-state index in [0.717, 1.165) is 22.9 Å². The molecular formula is C23H26IN5O2. The molecule has 8 heteroatoms. The number of aliphatic imine (C=N–C) groups is 1. The first-order valence-corrected chi connectivity index (χ1v) is 10.5. The van der Waals surface area contributed by atoms with Crippen LogP contribution < -0.4 is 10.6 Å². The van der Waals surface area contributed by atoms with Crippen LogP contribution in [0.1, 0.15) is 12.0 Å². The van der Waals surface area contributed by atoms with Gasteiger partial charge in [0.2, 0.25) is 11.8 Å². The van der Waals surface area contributed by atoms with Crippen LogP contribution in [0, 0.1) is 23.7 Å². The van der Waals surface area contributed by atoms with Gasteiger partial charge >= 0.3 is 0 Å². The van der Waals surface area contributed by atoms with E-state index in [4.69, 9.17) is 0 Å². The van der Waals surface area contributed by atoms with E-state index in [9.17, 15) is 9.59 Å². The lowest BCUT2D eigenvalue weighted by Gasteiger charge is -2.18. The predicted octanol–water partition coefficient (Wildman–Crippen LogP) is 2.32. The molecule has 2 bridgehead atoms. The monoisotopic (exact) mass is 531 g/mol. The lowest BCUT2D eigenvalue weighted by atomic mass is 9.85. The highest BCUT2D eigenvalue weighted by Gasteiger charge is 2.58. The average molecular weight is 531 g/mol. The Morgan fingerprint density at radius 2 is 1.81 bits per heavy atom. The Kier molecular flexibility index (Phi) is 6.27. The summed E-state index contributed by atoms with van der Waals surface area (Å²) in [6.45, 7) is 1.41. The number of likely N-dealkylation sites (tertiary alicyclic amines) is 1. The summed E-state index contributed by atoms with van der Waals surface area (Å²) in [6, 6.07) is 10.1. The van der Waals surface area contributed by atoms with Crippen molar-refractivity contribution < 1.29 is 9.59 Å². The number of guanidine groups is 1. The number of hydrogen-bond acceptors (Lipinski definition) is 4. The van der Waals surface area contributed by atoms with Crippen LogP contribution in [0.5, 0.6) is 0 Å². The molecule has 1 aliphatic heterocycles. The molecule has 2 N–H and O–H groups in total. The molecule has 2 fully saturated rings. The Morgan fingerprint density at radius 3 is 2.52 bits per heavy atom. The van der Waals surface area contributed by atoms with Crippen molar-refractivity contribution in [3.63, 3.8) is 0 Å². The number of nitrogens with zero attached hydrogens (tertiary/aromatic N) is 3. The van der Waals surface area contributed by atoms with Gasteiger partial charge in [0.15, 0.2) is 5.96 Å². The van der Waals surface area contributed by atoms with Crippen LogP contribution in [-0.2, 0) is 16.1 Å². The molecule has 0 radical (unpaired) electrons. The fraction of sp³-hybridized carbons (Fsp3) is 0.391. The number of aromatic nitrogens is 1. The lowest BCUT2D eigenvalue weighted by molar-refractivity contribution is -0.140. The zero-order valence-corrected chi connectivity index (χ0v) is 19.7. The van der Waals surface area contributed by atoms with Crippen LogP contribution in [0.3, 0.4) is 0 Å². The first-order valence-electron chi connectivity index (χ1n) is 10.5. The molecule has 7 nitrogen and oxygen atoms in total. The number of fused-ring (bicyclic) bond motifs is 6. The molecular weight excluding hydrogens is 505 g/mol. The highest BCUT2D eigenvalue weighted by Crippen LogP contribution is 2.52. The van der Waals surface area contributed by atoms with Gasteiger partial charge < -0.3 is 10.6 Å². The zero-order valence-electron chi connectivity index (χ0n) is 17.3. The smallest absolute Gasteiger partial charge is 0.233 e. The highest BCUT2D eigenvalue weighted by atomic mass is 127. The van der Waals surface area contributed by atoms with Gasteiger partial charge in [0.05, 0.1) is 17.4 Å². The zero-order chi connectivity index (χ0) is 20.7. The van der Waals surface area contributed by atoms with Crippen LogP contribution in [0.15, 0.2) is 53.7 Å². The summed E-state index contributed by atoms with van der Waals surface area (Å²) >= 11 is 0. The second kappa shape index (κ2) is 8.94. The van der Waals surface area contributed by atoms with Crippen LogP contribution in [-0.4, -0.2) is 47.8 Å². The lowest BCUT2D eigenvalue weighted by Crippen LogP contribution is -2.43. The fourth-order valence-corrected chi connectivity index (χ4v) is 5.18. The number of carbonyl (C=O) groups excluding carboxylic acids is 2. The van der Waals surface area contributed by atoms with E-state index < -0.39 is 0 Å². The van der Waals surface area contributed by atoms with Crippen molar-refractivity contribution in [3.05, 3.63) is 54.2 Å². The third kappa shape index (κ3) is 3.81. The number of hydrogen-bond donors (Lipinski definition) is 2. The van der Waals surface area contributed by atoms with E-state index in [1.54, 1.807) is 13.2 Å². The minimum absolute atomic E-state index is 0. The standard InChI is InChI=1S/C23H25N5O2.HI/c1-24-23(27-13-17-5-2-4-14-6-3-9-25-20(14)17)26-10-11-28-21(29)18-15-7-8-16(12-15)19(18)22(28)30;/h2-9,15-16,18-19H,10-13H2,1H3,(H2,24,26,27);1H. The summed E-state index contributed by atoms with van der Waals surface area (Å²) < 4.78 is 0. The van der Waals surface area contributed by atoms with Crippen molar-refractivity contribution in [2.75, 3.05) is 20.1 Å². The molecule has 0 spiro atoms. The van der Waals surface area contributed by atoms with E-state index >= 15 is 0 Å². The number of carbonyl (C=O) groups is 2. The quantitative estimate of drug-likeness (QED) is 0.204. The number of para-hydroxylation sites is 1. The number of amides is 2.